The van der Waals surface area contributed by atoms with Gasteiger partial charge in [0.2, 0.25) is 0 Å². The zero-order chi connectivity index (χ0) is 10.7. The van der Waals surface area contributed by atoms with Gasteiger partial charge in [0.15, 0.2) is 0 Å². The first-order chi connectivity index (χ1) is 6.50. The average molecular weight is 259 g/mol. The third-order valence-electron chi connectivity index (χ3n) is 1.66. The van der Waals surface area contributed by atoms with E-state index in [-0.39, 0.29) is 11.4 Å². The van der Waals surface area contributed by atoms with Crippen molar-refractivity contribution in [3.8, 4) is 0 Å². The van der Waals surface area contributed by atoms with Crippen molar-refractivity contribution in [2.45, 2.75) is 6.92 Å². The van der Waals surface area contributed by atoms with Crippen LogP contribution >= 0.6 is 15.9 Å². The zero-order valence-corrected chi connectivity index (χ0v) is 9.01. The lowest BCUT2D eigenvalue weighted by molar-refractivity contribution is -0.132. The van der Waals surface area contributed by atoms with E-state index in [0.717, 1.165) is 0 Å². The molecule has 0 heterocycles. The molecule has 2 nitrogen and oxygen atoms in total. The molecule has 0 fully saturated rings. The predicted molar refractivity (Wildman–Crippen MR) is 55.4 cm³/mol. The second-order valence-electron chi connectivity index (χ2n) is 2.81. The van der Waals surface area contributed by atoms with E-state index in [1.54, 1.807) is 0 Å². The molecule has 0 radical (unpaired) electrons. The van der Waals surface area contributed by atoms with Gasteiger partial charge in [-0.05, 0) is 46.6 Å². The quantitative estimate of drug-likeness (QED) is 0.828. The van der Waals surface area contributed by atoms with Crippen LogP contribution in [0.3, 0.4) is 0 Å². The first-order valence-electron chi connectivity index (χ1n) is 3.87. The van der Waals surface area contributed by atoms with E-state index in [1.165, 1.54) is 31.2 Å². The van der Waals surface area contributed by atoms with Gasteiger partial charge < -0.3 is 5.11 Å². The maximum atomic E-state index is 12.8. The minimum atomic E-state index is -0.981. The Morgan fingerprint density at radius 2 is 2.21 bits per heavy atom. The smallest absolute Gasteiger partial charge is 0.331 e. The molecule has 1 rings (SSSR count). The number of benzene rings is 1. The van der Waals surface area contributed by atoms with Gasteiger partial charge >= 0.3 is 5.97 Å². The summed E-state index contributed by atoms with van der Waals surface area (Å²) in [6.45, 7) is 1.49. The zero-order valence-electron chi connectivity index (χ0n) is 7.42. The molecule has 0 bridgehead atoms. The van der Waals surface area contributed by atoms with Gasteiger partial charge in [0.1, 0.15) is 5.82 Å². The van der Waals surface area contributed by atoms with Crippen LogP contribution in [0.25, 0.3) is 6.08 Å². The molecule has 0 aromatic heterocycles. The summed E-state index contributed by atoms with van der Waals surface area (Å²) in [4.78, 5) is 10.5. The van der Waals surface area contributed by atoms with E-state index < -0.39 is 5.97 Å². The summed E-state index contributed by atoms with van der Waals surface area (Å²) in [5, 5.41) is 8.61. The van der Waals surface area contributed by atoms with Crippen molar-refractivity contribution in [1.82, 2.24) is 0 Å². The van der Waals surface area contributed by atoms with Crippen LogP contribution in [0.5, 0.6) is 0 Å². The SMILES string of the molecule is CC(=Cc1ccc(F)c(Br)c1)C(=O)O. The third-order valence-corrected chi connectivity index (χ3v) is 2.27. The van der Waals surface area contributed by atoms with E-state index in [1.807, 2.05) is 0 Å². The lowest BCUT2D eigenvalue weighted by Gasteiger charge is -1.98. The fourth-order valence-corrected chi connectivity index (χ4v) is 1.31. The highest BCUT2D eigenvalue weighted by atomic mass is 79.9. The van der Waals surface area contributed by atoms with Crippen molar-refractivity contribution in [1.29, 1.82) is 0 Å². The van der Waals surface area contributed by atoms with E-state index in [9.17, 15) is 9.18 Å². The molecule has 0 aliphatic carbocycles. The molecule has 14 heavy (non-hydrogen) atoms. The molecule has 1 aromatic rings. The van der Waals surface area contributed by atoms with Gasteiger partial charge in [-0.15, -0.1) is 0 Å². The highest BCUT2D eigenvalue weighted by Gasteiger charge is 2.02. The first-order valence-corrected chi connectivity index (χ1v) is 4.66. The number of hydrogen-bond donors (Lipinski definition) is 1. The Morgan fingerprint density at radius 3 is 2.71 bits per heavy atom. The summed E-state index contributed by atoms with van der Waals surface area (Å²) in [7, 11) is 0. The minimum absolute atomic E-state index is 0.212. The Kier molecular flexibility index (Phi) is 3.41. The largest absolute Gasteiger partial charge is 0.478 e. The summed E-state index contributed by atoms with van der Waals surface area (Å²) < 4.78 is 13.1. The Labute approximate surface area is 89.2 Å². The van der Waals surface area contributed by atoms with Crippen LogP contribution in [0.2, 0.25) is 0 Å². The standard InChI is InChI=1S/C10H8BrFO2/c1-6(10(13)14)4-7-2-3-9(12)8(11)5-7/h2-5H,1H3,(H,13,14). The predicted octanol–water partition coefficient (Wildman–Crippen LogP) is 3.08. The Hall–Kier alpha value is -1.16. The fourth-order valence-electron chi connectivity index (χ4n) is 0.914. The second-order valence-corrected chi connectivity index (χ2v) is 3.66. The number of halogens is 2. The number of rotatable bonds is 2. The summed E-state index contributed by atoms with van der Waals surface area (Å²) in [6, 6.07) is 4.33. The molecule has 1 aromatic carbocycles. The van der Waals surface area contributed by atoms with Crippen molar-refractivity contribution in [3.63, 3.8) is 0 Å². The number of carboxylic acid groups (broad SMARTS) is 1. The summed E-state index contributed by atoms with van der Waals surface area (Å²) in [6.07, 6.45) is 1.48. The maximum Gasteiger partial charge on any atom is 0.331 e. The topological polar surface area (TPSA) is 37.3 Å². The minimum Gasteiger partial charge on any atom is -0.478 e. The van der Waals surface area contributed by atoms with Crippen LogP contribution in [0.15, 0.2) is 28.2 Å². The Morgan fingerprint density at radius 1 is 1.57 bits per heavy atom. The van der Waals surface area contributed by atoms with Crippen LogP contribution in [0, 0.1) is 5.82 Å². The molecule has 1 N–H and O–H groups in total. The van der Waals surface area contributed by atoms with Crippen molar-refractivity contribution < 1.29 is 14.3 Å². The molecule has 0 saturated carbocycles. The van der Waals surface area contributed by atoms with Crippen LogP contribution in [0.4, 0.5) is 4.39 Å². The lowest BCUT2D eigenvalue weighted by atomic mass is 10.1. The Bertz CT molecular complexity index is 399. The monoisotopic (exact) mass is 258 g/mol. The molecule has 0 atom stereocenters. The number of carbonyl (C=O) groups is 1. The average Bonchev–Trinajstić information content (AvgIpc) is 2.11. The molecule has 0 aliphatic rings. The molecular weight excluding hydrogens is 251 g/mol. The van der Waals surface area contributed by atoms with Gasteiger partial charge in [-0.1, -0.05) is 6.07 Å². The van der Waals surface area contributed by atoms with Gasteiger partial charge in [-0.25, -0.2) is 9.18 Å². The van der Waals surface area contributed by atoms with Crippen LogP contribution in [-0.4, -0.2) is 11.1 Å². The fraction of sp³-hybridized carbons (Fsp3) is 0.100. The maximum absolute atomic E-state index is 12.8. The van der Waals surface area contributed by atoms with E-state index >= 15 is 0 Å². The van der Waals surface area contributed by atoms with Crippen molar-refractivity contribution >= 4 is 28.0 Å². The van der Waals surface area contributed by atoms with Crippen molar-refractivity contribution in [2.75, 3.05) is 0 Å². The number of hydrogen-bond acceptors (Lipinski definition) is 1. The van der Waals surface area contributed by atoms with Gasteiger partial charge in [0, 0.05) is 5.57 Å². The Balaban J connectivity index is 3.04. The first kappa shape index (κ1) is 10.9. The van der Waals surface area contributed by atoms with Crippen LogP contribution in [-0.2, 0) is 4.79 Å². The molecule has 0 amide bonds. The highest BCUT2D eigenvalue weighted by Crippen LogP contribution is 2.18. The van der Waals surface area contributed by atoms with Gasteiger partial charge in [-0.2, -0.15) is 0 Å². The molecule has 0 unspecified atom stereocenters. The molecule has 74 valence electrons. The molecule has 0 saturated heterocycles. The van der Waals surface area contributed by atoms with Crippen LogP contribution in [0.1, 0.15) is 12.5 Å². The number of carboxylic acids is 1. The van der Waals surface area contributed by atoms with Gasteiger partial charge in [-0.3, -0.25) is 0 Å². The van der Waals surface area contributed by atoms with E-state index in [4.69, 9.17) is 5.11 Å². The van der Waals surface area contributed by atoms with Gasteiger partial charge in [0.05, 0.1) is 4.47 Å². The third kappa shape index (κ3) is 2.67. The van der Waals surface area contributed by atoms with Crippen molar-refractivity contribution in [2.24, 2.45) is 0 Å². The van der Waals surface area contributed by atoms with Gasteiger partial charge in [0.25, 0.3) is 0 Å². The molecule has 0 aliphatic heterocycles. The number of aliphatic carboxylic acids is 1. The lowest BCUT2D eigenvalue weighted by Crippen LogP contribution is -1.95. The molecule has 4 heteroatoms. The van der Waals surface area contributed by atoms with Crippen LogP contribution < -0.4 is 0 Å². The second kappa shape index (κ2) is 4.37. The summed E-state index contributed by atoms with van der Waals surface area (Å²) >= 11 is 3.02. The highest BCUT2D eigenvalue weighted by molar-refractivity contribution is 9.10. The van der Waals surface area contributed by atoms with E-state index in [2.05, 4.69) is 15.9 Å². The molecule has 0 spiro atoms. The molecular formula is C10H8BrFO2. The normalized spacial score (nSPS) is 11.5. The summed E-state index contributed by atoms with van der Waals surface area (Å²) in [5.41, 5.74) is 0.863. The van der Waals surface area contributed by atoms with Crippen molar-refractivity contribution in [3.05, 3.63) is 39.6 Å². The van der Waals surface area contributed by atoms with E-state index in [0.29, 0.717) is 10.0 Å². The summed E-state index contributed by atoms with van der Waals surface area (Å²) in [5.74, 6) is -1.35.